The van der Waals surface area contributed by atoms with Crippen molar-refractivity contribution in [3.05, 3.63) is 59.2 Å². The van der Waals surface area contributed by atoms with Crippen LogP contribution < -0.4 is 10.2 Å². The number of benzene rings is 2. The second-order valence-corrected chi connectivity index (χ2v) is 7.10. The molecule has 1 aliphatic rings. The molecule has 2 amide bonds. The van der Waals surface area contributed by atoms with Crippen LogP contribution in [0, 0.1) is 13.8 Å². The van der Waals surface area contributed by atoms with Crippen LogP contribution in [0.5, 0.6) is 0 Å². The van der Waals surface area contributed by atoms with Gasteiger partial charge in [-0.05, 0) is 55.3 Å². The quantitative estimate of drug-likeness (QED) is 0.865. The average Bonchev–Trinajstić information content (AvgIpc) is 2.70. The number of rotatable bonds is 5. The van der Waals surface area contributed by atoms with Crippen LogP contribution in [0.4, 0.5) is 11.4 Å². The Morgan fingerprint density at radius 2 is 1.75 bits per heavy atom. The zero-order valence-corrected chi connectivity index (χ0v) is 16.7. The van der Waals surface area contributed by atoms with Gasteiger partial charge in [0.2, 0.25) is 5.91 Å². The molecule has 0 radical (unpaired) electrons. The van der Waals surface area contributed by atoms with Gasteiger partial charge in [-0.3, -0.25) is 9.59 Å². The van der Waals surface area contributed by atoms with Gasteiger partial charge in [-0.25, -0.2) is 0 Å². The number of ether oxygens (including phenoxy) is 1. The summed E-state index contributed by atoms with van der Waals surface area (Å²) in [6, 6.07) is 13.4. The fraction of sp³-hybridized carbons (Fsp3) is 0.364. The van der Waals surface area contributed by atoms with Crippen molar-refractivity contribution in [3.8, 4) is 0 Å². The number of likely N-dealkylation sites (N-methyl/N-ethyl adjacent to an activating group) is 1. The molecule has 0 bridgehead atoms. The lowest BCUT2D eigenvalue weighted by Crippen LogP contribution is -2.36. The molecule has 2 aromatic carbocycles. The summed E-state index contributed by atoms with van der Waals surface area (Å²) >= 11 is 0. The van der Waals surface area contributed by atoms with Gasteiger partial charge in [0, 0.05) is 37.1 Å². The van der Waals surface area contributed by atoms with Crippen molar-refractivity contribution in [2.24, 2.45) is 0 Å². The standard InChI is InChI=1S/C22H27N3O3/c1-16-5-4-6-20(17(16)2)22(27)24(3)15-21(26)23-18-7-9-19(10-8-18)25-11-13-28-14-12-25/h4-10H,11-15H2,1-3H3,(H,23,26). The largest absolute Gasteiger partial charge is 0.378 e. The van der Waals surface area contributed by atoms with Gasteiger partial charge in [-0.15, -0.1) is 0 Å². The maximum Gasteiger partial charge on any atom is 0.254 e. The number of nitrogens with one attached hydrogen (secondary N) is 1. The molecule has 3 rings (SSSR count). The maximum atomic E-state index is 12.7. The third kappa shape index (κ3) is 4.70. The minimum Gasteiger partial charge on any atom is -0.378 e. The van der Waals surface area contributed by atoms with Crippen molar-refractivity contribution in [1.29, 1.82) is 0 Å². The van der Waals surface area contributed by atoms with Crippen molar-refractivity contribution in [2.45, 2.75) is 13.8 Å². The third-order valence-electron chi connectivity index (χ3n) is 5.09. The van der Waals surface area contributed by atoms with E-state index in [-0.39, 0.29) is 18.4 Å². The van der Waals surface area contributed by atoms with E-state index in [9.17, 15) is 9.59 Å². The van der Waals surface area contributed by atoms with Crippen LogP contribution in [-0.2, 0) is 9.53 Å². The first-order chi connectivity index (χ1) is 13.5. The molecule has 0 atom stereocenters. The van der Waals surface area contributed by atoms with E-state index in [0.29, 0.717) is 5.56 Å². The molecule has 6 nitrogen and oxygen atoms in total. The van der Waals surface area contributed by atoms with Crippen molar-refractivity contribution in [2.75, 3.05) is 50.1 Å². The number of nitrogens with zero attached hydrogens (tertiary/aromatic N) is 2. The predicted molar refractivity (Wildman–Crippen MR) is 111 cm³/mol. The van der Waals surface area contributed by atoms with E-state index >= 15 is 0 Å². The molecule has 1 fully saturated rings. The highest BCUT2D eigenvalue weighted by molar-refractivity contribution is 6.00. The Hall–Kier alpha value is -2.86. The Morgan fingerprint density at radius 1 is 1.07 bits per heavy atom. The summed E-state index contributed by atoms with van der Waals surface area (Å²) in [4.78, 5) is 28.7. The zero-order valence-electron chi connectivity index (χ0n) is 16.7. The molecule has 6 heteroatoms. The van der Waals surface area contributed by atoms with Crippen LogP contribution >= 0.6 is 0 Å². The van der Waals surface area contributed by atoms with Gasteiger partial charge in [0.1, 0.15) is 0 Å². The van der Waals surface area contributed by atoms with Crippen LogP contribution in [0.25, 0.3) is 0 Å². The molecule has 0 unspecified atom stereocenters. The van der Waals surface area contributed by atoms with E-state index in [1.54, 1.807) is 13.1 Å². The Kier molecular flexibility index (Phi) is 6.31. The fourth-order valence-corrected chi connectivity index (χ4v) is 3.25. The molecule has 1 N–H and O–H groups in total. The van der Waals surface area contributed by atoms with Crippen LogP contribution in [0.2, 0.25) is 0 Å². The van der Waals surface area contributed by atoms with E-state index in [4.69, 9.17) is 4.74 Å². The summed E-state index contributed by atoms with van der Waals surface area (Å²) in [5.41, 5.74) is 4.46. The van der Waals surface area contributed by atoms with E-state index in [1.807, 2.05) is 50.2 Å². The molecule has 0 saturated carbocycles. The molecule has 0 spiro atoms. The predicted octanol–water partition coefficient (Wildman–Crippen LogP) is 2.85. The lowest BCUT2D eigenvalue weighted by Gasteiger charge is -2.28. The SMILES string of the molecule is Cc1cccc(C(=O)N(C)CC(=O)Nc2ccc(N3CCOCC3)cc2)c1C. The Labute approximate surface area is 166 Å². The first kappa shape index (κ1) is 19.9. The highest BCUT2D eigenvalue weighted by Crippen LogP contribution is 2.19. The summed E-state index contributed by atoms with van der Waals surface area (Å²) < 4.78 is 5.37. The lowest BCUT2D eigenvalue weighted by atomic mass is 10.0. The fourth-order valence-electron chi connectivity index (χ4n) is 3.25. The molecule has 0 aliphatic carbocycles. The zero-order chi connectivity index (χ0) is 20.1. The number of hydrogen-bond donors (Lipinski definition) is 1. The molecule has 1 heterocycles. The number of amides is 2. The van der Waals surface area contributed by atoms with E-state index in [1.165, 1.54) is 4.90 Å². The first-order valence-corrected chi connectivity index (χ1v) is 9.50. The Balaban J connectivity index is 1.57. The maximum absolute atomic E-state index is 12.7. The number of aryl methyl sites for hydroxylation is 1. The van der Waals surface area contributed by atoms with Crippen molar-refractivity contribution in [3.63, 3.8) is 0 Å². The summed E-state index contributed by atoms with van der Waals surface area (Å²) in [5, 5.41) is 2.86. The van der Waals surface area contributed by atoms with Crippen molar-refractivity contribution >= 4 is 23.2 Å². The second-order valence-electron chi connectivity index (χ2n) is 7.10. The molecular formula is C22H27N3O3. The monoisotopic (exact) mass is 381 g/mol. The first-order valence-electron chi connectivity index (χ1n) is 9.50. The molecule has 28 heavy (non-hydrogen) atoms. The van der Waals surface area contributed by atoms with Crippen LogP contribution in [-0.4, -0.2) is 56.6 Å². The Bertz CT molecular complexity index is 843. The molecule has 1 saturated heterocycles. The normalized spacial score (nSPS) is 13.9. The minimum absolute atomic E-state index is 0.00255. The second kappa shape index (κ2) is 8.89. The minimum atomic E-state index is -0.222. The highest BCUT2D eigenvalue weighted by atomic mass is 16.5. The molecule has 0 aromatic heterocycles. The van der Waals surface area contributed by atoms with Crippen molar-refractivity contribution in [1.82, 2.24) is 4.90 Å². The lowest BCUT2D eigenvalue weighted by molar-refractivity contribution is -0.116. The summed E-state index contributed by atoms with van der Waals surface area (Å²) in [5.74, 6) is -0.376. The number of carbonyl (C=O) groups excluding carboxylic acids is 2. The van der Waals surface area contributed by atoms with Crippen LogP contribution in [0.15, 0.2) is 42.5 Å². The van der Waals surface area contributed by atoms with E-state index in [0.717, 1.165) is 48.8 Å². The topological polar surface area (TPSA) is 61.9 Å². The number of morpholine rings is 1. The Morgan fingerprint density at radius 3 is 2.43 bits per heavy atom. The summed E-state index contributed by atoms with van der Waals surface area (Å²) in [6.07, 6.45) is 0. The van der Waals surface area contributed by atoms with Gasteiger partial charge in [-0.1, -0.05) is 12.1 Å². The van der Waals surface area contributed by atoms with E-state index < -0.39 is 0 Å². The van der Waals surface area contributed by atoms with Crippen LogP contribution in [0.1, 0.15) is 21.5 Å². The van der Waals surface area contributed by atoms with Gasteiger partial charge in [0.05, 0.1) is 19.8 Å². The molecule has 1 aliphatic heterocycles. The van der Waals surface area contributed by atoms with Gasteiger partial charge in [-0.2, -0.15) is 0 Å². The molecule has 148 valence electrons. The van der Waals surface area contributed by atoms with E-state index in [2.05, 4.69) is 10.2 Å². The van der Waals surface area contributed by atoms with Gasteiger partial charge < -0.3 is 19.9 Å². The smallest absolute Gasteiger partial charge is 0.254 e. The average molecular weight is 381 g/mol. The van der Waals surface area contributed by atoms with Gasteiger partial charge in [0.15, 0.2) is 0 Å². The van der Waals surface area contributed by atoms with Gasteiger partial charge in [0.25, 0.3) is 5.91 Å². The molecule has 2 aromatic rings. The number of anilines is 2. The summed E-state index contributed by atoms with van der Waals surface area (Å²) in [6.45, 7) is 7.11. The van der Waals surface area contributed by atoms with Crippen molar-refractivity contribution < 1.29 is 14.3 Å². The van der Waals surface area contributed by atoms with Crippen LogP contribution in [0.3, 0.4) is 0 Å². The third-order valence-corrected chi connectivity index (χ3v) is 5.09. The van der Waals surface area contributed by atoms with Gasteiger partial charge >= 0.3 is 0 Å². The number of carbonyl (C=O) groups is 2. The summed E-state index contributed by atoms with van der Waals surface area (Å²) in [7, 11) is 1.64. The number of hydrogen-bond acceptors (Lipinski definition) is 4. The highest BCUT2D eigenvalue weighted by Gasteiger charge is 2.17. The molecular weight excluding hydrogens is 354 g/mol.